The van der Waals surface area contributed by atoms with Gasteiger partial charge in [-0.3, -0.25) is 4.63 Å². The topological polar surface area (TPSA) is 53.0 Å². The highest BCUT2D eigenvalue weighted by Gasteiger charge is 2.23. The molecule has 0 aliphatic carbocycles. The molecule has 0 aliphatic rings. The number of rotatable bonds is 5. The standard InChI is InChI=1S/C15H20N2O2/c1-4-5-6-10-13-15(16-19-17(13)18)14-11(2)8-7-9-12(14)3/h7-9H,4-6,10H2,1-3H3. The molecule has 4 heteroatoms. The van der Waals surface area contributed by atoms with Crippen molar-refractivity contribution in [2.24, 2.45) is 0 Å². The van der Waals surface area contributed by atoms with Gasteiger partial charge in [0.1, 0.15) is 0 Å². The second-order valence-corrected chi connectivity index (χ2v) is 4.95. The number of nitrogens with zero attached hydrogens (tertiary/aromatic N) is 2. The molecule has 0 spiro atoms. The van der Waals surface area contributed by atoms with E-state index in [2.05, 4.69) is 12.1 Å². The average Bonchev–Trinajstić information content (AvgIpc) is 2.72. The predicted molar refractivity (Wildman–Crippen MR) is 73.6 cm³/mol. The van der Waals surface area contributed by atoms with Crippen molar-refractivity contribution in [1.29, 1.82) is 0 Å². The van der Waals surface area contributed by atoms with Gasteiger partial charge in [0, 0.05) is 17.1 Å². The third-order valence-corrected chi connectivity index (χ3v) is 3.44. The minimum absolute atomic E-state index is 0.552. The summed E-state index contributed by atoms with van der Waals surface area (Å²) in [7, 11) is 0. The van der Waals surface area contributed by atoms with Crippen LogP contribution in [0.3, 0.4) is 0 Å². The Kier molecular flexibility index (Phi) is 4.20. The minimum atomic E-state index is 0.552. The van der Waals surface area contributed by atoms with Gasteiger partial charge in [-0.15, -0.1) is 0 Å². The van der Waals surface area contributed by atoms with Crippen LogP contribution in [0.25, 0.3) is 11.3 Å². The molecule has 19 heavy (non-hydrogen) atoms. The van der Waals surface area contributed by atoms with Crippen LogP contribution in [0.5, 0.6) is 0 Å². The molecule has 2 aromatic rings. The van der Waals surface area contributed by atoms with Crippen molar-refractivity contribution in [3.63, 3.8) is 0 Å². The third kappa shape index (κ3) is 2.78. The van der Waals surface area contributed by atoms with E-state index in [-0.39, 0.29) is 0 Å². The summed E-state index contributed by atoms with van der Waals surface area (Å²) in [4.78, 5) is 0.552. The van der Waals surface area contributed by atoms with Crippen molar-refractivity contribution < 1.29 is 9.53 Å². The Morgan fingerprint density at radius 1 is 1.21 bits per heavy atom. The van der Waals surface area contributed by atoms with Crippen LogP contribution in [-0.2, 0) is 6.42 Å². The van der Waals surface area contributed by atoms with Gasteiger partial charge in [0.25, 0.3) is 5.69 Å². The summed E-state index contributed by atoms with van der Waals surface area (Å²) in [5.74, 6) is 0. The lowest BCUT2D eigenvalue weighted by Gasteiger charge is -2.05. The molecule has 0 aliphatic heterocycles. The molecule has 0 radical (unpaired) electrons. The fourth-order valence-electron chi connectivity index (χ4n) is 2.40. The number of unbranched alkanes of at least 4 members (excludes halogenated alkanes) is 2. The molecule has 0 amide bonds. The number of benzene rings is 1. The van der Waals surface area contributed by atoms with Gasteiger partial charge < -0.3 is 5.21 Å². The van der Waals surface area contributed by atoms with Crippen molar-refractivity contribution in [1.82, 2.24) is 5.16 Å². The summed E-state index contributed by atoms with van der Waals surface area (Å²) in [5.41, 5.74) is 4.59. The molecule has 0 saturated carbocycles. The lowest BCUT2D eigenvalue weighted by Crippen LogP contribution is -2.28. The van der Waals surface area contributed by atoms with E-state index in [1.54, 1.807) is 0 Å². The number of hydrogen-bond donors (Lipinski definition) is 0. The SMILES string of the molecule is CCCCCc1c(-c2c(C)cccc2C)no[n+]1[O-]. The van der Waals surface area contributed by atoms with Crippen molar-refractivity contribution in [3.05, 3.63) is 40.2 Å². The molecule has 1 heterocycles. The molecular weight excluding hydrogens is 240 g/mol. The van der Waals surface area contributed by atoms with Crippen molar-refractivity contribution >= 4 is 0 Å². The predicted octanol–water partition coefficient (Wildman–Crippen LogP) is 3.32. The van der Waals surface area contributed by atoms with Crippen LogP contribution < -0.4 is 4.90 Å². The molecule has 0 saturated heterocycles. The number of aryl methyl sites for hydroxylation is 2. The molecule has 4 nitrogen and oxygen atoms in total. The van der Waals surface area contributed by atoms with E-state index in [0.29, 0.717) is 22.7 Å². The highest BCUT2D eigenvalue weighted by atomic mass is 16.8. The summed E-state index contributed by atoms with van der Waals surface area (Å²) in [6.07, 6.45) is 3.93. The Morgan fingerprint density at radius 2 is 1.89 bits per heavy atom. The summed E-state index contributed by atoms with van der Waals surface area (Å²) < 4.78 is 4.80. The Morgan fingerprint density at radius 3 is 2.53 bits per heavy atom. The third-order valence-electron chi connectivity index (χ3n) is 3.44. The first-order valence-electron chi connectivity index (χ1n) is 6.80. The van der Waals surface area contributed by atoms with Crippen LogP contribution in [0, 0.1) is 19.1 Å². The maximum atomic E-state index is 11.7. The van der Waals surface area contributed by atoms with Gasteiger partial charge in [0.05, 0.1) is 0 Å². The zero-order valence-corrected chi connectivity index (χ0v) is 11.8. The van der Waals surface area contributed by atoms with Crippen molar-refractivity contribution in [2.45, 2.75) is 46.5 Å². The zero-order chi connectivity index (χ0) is 13.8. The van der Waals surface area contributed by atoms with Crippen molar-refractivity contribution in [2.75, 3.05) is 0 Å². The molecule has 0 bridgehead atoms. The lowest BCUT2D eigenvalue weighted by atomic mass is 9.97. The van der Waals surface area contributed by atoms with E-state index >= 15 is 0 Å². The Labute approximate surface area is 113 Å². The largest absolute Gasteiger partial charge is 0.359 e. The first-order valence-corrected chi connectivity index (χ1v) is 6.80. The lowest BCUT2D eigenvalue weighted by molar-refractivity contribution is -0.807. The second-order valence-electron chi connectivity index (χ2n) is 4.95. The first kappa shape index (κ1) is 13.6. The molecule has 0 unspecified atom stereocenters. The van der Waals surface area contributed by atoms with Gasteiger partial charge >= 0.3 is 0 Å². The van der Waals surface area contributed by atoms with E-state index in [9.17, 15) is 5.21 Å². The summed E-state index contributed by atoms with van der Waals surface area (Å²) in [5, 5.41) is 15.7. The molecule has 0 atom stereocenters. The van der Waals surface area contributed by atoms with E-state index in [1.165, 1.54) is 0 Å². The van der Waals surface area contributed by atoms with Crippen LogP contribution in [0.4, 0.5) is 0 Å². The summed E-state index contributed by atoms with van der Waals surface area (Å²) >= 11 is 0. The highest BCUT2D eigenvalue weighted by Crippen LogP contribution is 2.27. The molecule has 2 rings (SSSR count). The van der Waals surface area contributed by atoms with E-state index < -0.39 is 0 Å². The fraction of sp³-hybridized carbons (Fsp3) is 0.467. The normalized spacial score (nSPS) is 10.9. The molecule has 0 fully saturated rings. The monoisotopic (exact) mass is 260 g/mol. The highest BCUT2D eigenvalue weighted by molar-refractivity contribution is 5.68. The molecule has 0 N–H and O–H groups in total. The second kappa shape index (κ2) is 5.87. The smallest absolute Gasteiger partial charge is 0.251 e. The molecule has 1 aromatic carbocycles. The van der Waals surface area contributed by atoms with Gasteiger partial charge in [0.15, 0.2) is 0 Å². The maximum absolute atomic E-state index is 11.7. The Hall–Kier alpha value is -1.84. The Balaban J connectivity index is 2.40. The van der Waals surface area contributed by atoms with Crippen LogP contribution in [0.2, 0.25) is 0 Å². The van der Waals surface area contributed by atoms with E-state index in [0.717, 1.165) is 36.0 Å². The zero-order valence-electron chi connectivity index (χ0n) is 11.8. The summed E-state index contributed by atoms with van der Waals surface area (Å²) in [6, 6.07) is 6.07. The van der Waals surface area contributed by atoms with Gasteiger partial charge in [-0.05, 0) is 36.3 Å². The summed E-state index contributed by atoms with van der Waals surface area (Å²) in [6.45, 7) is 6.20. The van der Waals surface area contributed by atoms with Gasteiger partial charge in [-0.2, -0.15) is 0 Å². The van der Waals surface area contributed by atoms with E-state index in [4.69, 9.17) is 4.63 Å². The first-order chi connectivity index (χ1) is 9.15. The fourth-order valence-corrected chi connectivity index (χ4v) is 2.40. The number of hydrogen-bond acceptors (Lipinski definition) is 3. The quantitative estimate of drug-likeness (QED) is 0.612. The van der Waals surface area contributed by atoms with Crippen LogP contribution in [-0.4, -0.2) is 5.16 Å². The van der Waals surface area contributed by atoms with Gasteiger partial charge in [0.2, 0.25) is 5.69 Å². The Bertz CT molecular complexity index is 541. The van der Waals surface area contributed by atoms with Gasteiger partial charge in [-0.25, -0.2) is 0 Å². The van der Waals surface area contributed by atoms with Crippen LogP contribution >= 0.6 is 0 Å². The van der Waals surface area contributed by atoms with E-state index in [1.807, 2.05) is 32.0 Å². The number of aromatic nitrogens is 2. The molecular formula is C15H20N2O2. The van der Waals surface area contributed by atoms with Gasteiger partial charge in [-0.1, -0.05) is 38.0 Å². The average molecular weight is 260 g/mol. The minimum Gasteiger partial charge on any atom is -0.359 e. The van der Waals surface area contributed by atoms with Crippen LogP contribution in [0.15, 0.2) is 22.8 Å². The molecule has 102 valence electrons. The van der Waals surface area contributed by atoms with Crippen molar-refractivity contribution in [3.8, 4) is 11.3 Å². The maximum Gasteiger partial charge on any atom is 0.251 e. The van der Waals surface area contributed by atoms with Crippen LogP contribution in [0.1, 0.15) is 43.0 Å². The molecule has 1 aromatic heterocycles.